The molecule has 0 spiro atoms. The van der Waals surface area contributed by atoms with Crippen molar-refractivity contribution in [3.05, 3.63) is 41.0 Å². The van der Waals surface area contributed by atoms with Crippen LogP contribution in [-0.2, 0) is 4.79 Å². The second-order valence-corrected chi connectivity index (χ2v) is 7.07. The van der Waals surface area contributed by atoms with Gasteiger partial charge in [-0.05, 0) is 19.1 Å². The zero-order chi connectivity index (χ0) is 19.0. The number of thiazole rings is 1. The first-order valence-corrected chi connectivity index (χ1v) is 9.15. The van der Waals surface area contributed by atoms with E-state index in [1.807, 2.05) is 30.5 Å². The number of nitrogens with one attached hydrogen (secondary N) is 2. The van der Waals surface area contributed by atoms with Gasteiger partial charge in [0.1, 0.15) is 11.6 Å². The van der Waals surface area contributed by atoms with Gasteiger partial charge < -0.3 is 15.0 Å². The van der Waals surface area contributed by atoms with Crippen molar-refractivity contribution in [2.24, 2.45) is 0 Å². The summed E-state index contributed by atoms with van der Waals surface area (Å²) in [6.45, 7) is 3.43. The molecule has 0 aliphatic heterocycles. The van der Waals surface area contributed by atoms with Gasteiger partial charge >= 0.3 is 0 Å². The van der Waals surface area contributed by atoms with Gasteiger partial charge in [-0.2, -0.15) is 0 Å². The molecule has 0 fully saturated rings. The Hall–Kier alpha value is -3.26. The molecule has 0 saturated carbocycles. The Morgan fingerprint density at radius 2 is 2.15 bits per heavy atom. The van der Waals surface area contributed by atoms with Gasteiger partial charge in [0.25, 0.3) is 0 Å². The van der Waals surface area contributed by atoms with Crippen molar-refractivity contribution in [1.82, 2.24) is 19.9 Å². The fourth-order valence-corrected chi connectivity index (χ4v) is 3.55. The minimum atomic E-state index is -0.168. The highest BCUT2D eigenvalue weighted by Crippen LogP contribution is 2.38. The largest absolute Gasteiger partial charge is 0.495 e. The van der Waals surface area contributed by atoms with Gasteiger partial charge in [0.05, 0.1) is 46.3 Å². The Morgan fingerprint density at radius 3 is 2.85 bits per heavy atom. The number of H-pyrrole nitrogens is 1. The maximum absolute atomic E-state index is 11.4. The summed E-state index contributed by atoms with van der Waals surface area (Å²) in [7, 11) is 1.61. The molecule has 136 valence electrons. The first kappa shape index (κ1) is 17.2. The molecule has 0 aliphatic rings. The van der Waals surface area contributed by atoms with Crippen LogP contribution < -0.4 is 10.1 Å². The quantitative estimate of drug-likeness (QED) is 0.558. The van der Waals surface area contributed by atoms with Gasteiger partial charge in [-0.15, -0.1) is 11.3 Å². The maximum atomic E-state index is 11.4. The lowest BCUT2D eigenvalue weighted by molar-refractivity contribution is -0.114. The van der Waals surface area contributed by atoms with Gasteiger partial charge in [0.2, 0.25) is 5.91 Å². The highest BCUT2D eigenvalue weighted by molar-refractivity contribution is 7.09. The zero-order valence-corrected chi connectivity index (χ0v) is 15.8. The van der Waals surface area contributed by atoms with E-state index in [4.69, 9.17) is 4.74 Å². The predicted octanol–water partition coefficient (Wildman–Crippen LogP) is 4.02. The Bertz CT molecular complexity index is 1150. The number of pyridine rings is 2. The lowest BCUT2D eigenvalue weighted by Gasteiger charge is -2.06. The van der Waals surface area contributed by atoms with Crippen LogP contribution in [0.3, 0.4) is 0 Å². The molecule has 7 nitrogen and oxygen atoms in total. The van der Waals surface area contributed by atoms with Crippen molar-refractivity contribution in [3.63, 3.8) is 0 Å². The summed E-state index contributed by atoms with van der Waals surface area (Å²) in [5.74, 6) is 0.993. The van der Waals surface area contributed by atoms with E-state index in [-0.39, 0.29) is 5.91 Å². The van der Waals surface area contributed by atoms with Crippen LogP contribution in [-0.4, -0.2) is 33.0 Å². The molecule has 0 aliphatic carbocycles. The summed E-state index contributed by atoms with van der Waals surface area (Å²) in [6.07, 6.45) is 3.36. The number of anilines is 1. The molecule has 0 atom stereocenters. The number of carbonyl (C=O) groups is 1. The minimum Gasteiger partial charge on any atom is -0.495 e. The molecule has 27 heavy (non-hydrogen) atoms. The Balaban J connectivity index is 1.95. The second-order valence-electron chi connectivity index (χ2n) is 6.01. The third kappa shape index (κ3) is 3.26. The maximum Gasteiger partial charge on any atom is 0.222 e. The number of aromatic nitrogens is 4. The number of aromatic amines is 1. The van der Waals surface area contributed by atoms with E-state index in [0.29, 0.717) is 11.6 Å². The molecule has 4 rings (SSSR count). The fraction of sp³-hybridized carbons (Fsp3) is 0.158. The van der Waals surface area contributed by atoms with Gasteiger partial charge in [0.15, 0.2) is 0 Å². The number of nitrogens with zero attached hydrogens (tertiary/aromatic N) is 3. The zero-order valence-electron chi connectivity index (χ0n) is 15.0. The Labute approximate surface area is 159 Å². The molecule has 1 amide bonds. The average molecular weight is 379 g/mol. The minimum absolute atomic E-state index is 0.168. The lowest BCUT2D eigenvalue weighted by Crippen LogP contribution is -2.07. The molecule has 0 bridgehead atoms. The van der Waals surface area contributed by atoms with Gasteiger partial charge in [-0.1, -0.05) is 0 Å². The average Bonchev–Trinajstić information content (AvgIpc) is 3.23. The number of hydrogen-bond acceptors (Lipinski definition) is 6. The van der Waals surface area contributed by atoms with Crippen molar-refractivity contribution in [1.29, 1.82) is 0 Å². The van der Waals surface area contributed by atoms with Crippen molar-refractivity contribution in [2.45, 2.75) is 13.8 Å². The first-order chi connectivity index (χ1) is 13.0. The standard InChI is InChI=1S/C19H17N5O2S/c1-10(25)22-16-6-12(4-5-20-16)18-17(15-9-27-11(2)23-15)19-14(24-18)7-13(26-3)8-21-19/h4-9,24H,1-3H3,(H,20,22,25). The molecule has 2 N–H and O–H groups in total. The SMILES string of the molecule is COc1cnc2c(-c3csc(C)n3)c(-c3ccnc(NC(C)=O)c3)[nH]c2c1. The fourth-order valence-electron chi connectivity index (χ4n) is 2.95. The molecule has 0 aromatic carbocycles. The topological polar surface area (TPSA) is 92.8 Å². The van der Waals surface area contributed by atoms with Crippen LogP contribution >= 0.6 is 11.3 Å². The first-order valence-electron chi connectivity index (χ1n) is 8.27. The van der Waals surface area contributed by atoms with Gasteiger partial charge in [0, 0.05) is 30.1 Å². The van der Waals surface area contributed by atoms with E-state index >= 15 is 0 Å². The van der Waals surface area contributed by atoms with Gasteiger partial charge in [-0.3, -0.25) is 9.78 Å². The summed E-state index contributed by atoms with van der Waals surface area (Å²) in [5.41, 5.74) is 5.18. The third-order valence-electron chi connectivity index (χ3n) is 4.07. The molecule has 4 aromatic heterocycles. The van der Waals surface area contributed by atoms with Crippen LogP contribution in [0.15, 0.2) is 36.0 Å². The predicted molar refractivity (Wildman–Crippen MR) is 106 cm³/mol. The van der Waals surface area contributed by atoms with E-state index in [2.05, 4.69) is 25.3 Å². The van der Waals surface area contributed by atoms with Gasteiger partial charge in [-0.25, -0.2) is 9.97 Å². The number of hydrogen-bond donors (Lipinski definition) is 2. The van der Waals surface area contributed by atoms with E-state index in [0.717, 1.165) is 38.6 Å². The second kappa shape index (κ2) is 6.81. The third-order valence-corrected chi connectivity index (χ3v) is 4.85. The summed E-state index contributed by atoms with van der Waals surface area (Å²) < 4.78 is 5.30. The summed E-state index contributed by atoms with van der Waals surface area (Å²) >= 11 is 1.59. The van der Waals surface area contributed by atoms with Crippen molar-refractivity contribution in [3.8, 4) is 28.3 Å². The lowest BCUT2D eigenvalue weighted by atomic mass is 10.1. The number of rotatable bonds is 4. The number of aryl methyl sites for hydroxylation is 1. The molecule has 0 saturated heterocycles. The molecular weight excluding hydrogens is 362 g/mol. The summed E-state index contributed by atoms with van der Waals surface area (Å²) in [5, 5.41) is 5.71. The number of ether oxygens (including phenoxy) is 1. The van der Waals surface area contributed by atoms with Crippen molar-refractivity contribution >= 4 is 34.1 Å². The summed E-state index contributed by atoms with van der Waals surface area (Å²) in [4.78, 5) is 28.2. The number of fused-ring (bicyclic) bond motifs is 1. The van der Waals surface area contributed by atoms with E-state index in [1.165, 1.54) is 6.92 Å². The normalized spacial score (nSPS) is 10.9. The van der Waals surface area contributed by atoms with E-state index in [1.54, 1.807) is 30.8 Å². The van der Waals surface area contributed by atoms with Crippen LogP contribution in [0.25, 0.3) is 33.5 Å². The van der Waals surface area contributed by atoms with E-state index < -0.39 is 0 Å². The molecule has 0 unspecified atom stereocenters. The molecule has 0 radical (unpaired) electrons. The van der Waals surface area contributed by atoms with Crippen molar-refractivity contribution in [2.75, 3.05) is 12.4 Å². The van der Waals surface area contributed by atoms with Crippen molar-refractivity contribution < 1.29 is 9.53 Å². The molecule has 8 heteroatoms. The van der Waals surface area contributed by atoms with Crippen LogP contribution in [0, 0.1) is 6.92 Å². The molecule has 4 heterocycles. The highest BCUT2D eigenvalue weighted by atomic mass is 32.1. The molecular formula is C19H17N5O2S. The number of carbonyl (C=O) groups excluding carboxylic acids is 1. The smallest absolute Gasteiger partial charge is 0.222 e. The highest BCUT2D eigenvalue weighted by Gasteiger charge is 2.19. The van der Waals surface area contributed by atoms with Crippen LogP contribution in [0.5, 0.6) is 5.75 Å². The van der Waals surface area contributed by atoms with Crippen LogP contribution in [0.4, 0.5) is 5.82 Å². The Kier molecular flexibility index (Phi) is 4.33. The summed E-state index contributed by atoms with van der Waals surface area (Å²) in [6, 6.07) is 5.62. The molecule has 4 aromatic rings. The Morgan fingerprint density at radius 1 is 1.30 bits per heavy atom. The van der Waals surface area contributed by atoms with Crippen LogP contribution in [0.1, 0.15) is 11.9 Å². The number of methoxy groups -OCH3 is 1. The van der Waals surface area contributed by atoms with Crippen LogP contribution in [0.2, 0.25) is 0 Å². The van der Waals surface area contributed by atoms with E-state index in [9.17, 15) is 4.79 Å². The number of amides is 1. The monoisotopic (exact) mass is 379 g/mol.